The number of hydrogen-bond acceptors (Lipinski definition) is 7. The topological polar surface area (TPSA) is 118 Å². The van der Waals surface area contributed by atoms with Crippen LogP contribution in [0.15, 0.2) is 18.2 Å². The Kier molecular flexibility index (Phi) is 7.34. The van der Waals surface area contributed by atoms with E-state index in [1.807, 2.05) is 18.2 Å². The van der Waals surface area contributed by atoms with Crippen LogP contribution in [0.5, 0.6) is 0 Å². The molecular formula is C15H27N3O4. The first-order valence-corrected chi connectivity index (χ1v) is 7.28. The lowest BCUT2D eigenvalue weighted by Gasteiger charge is -2.27. The van der Waals surface area contributed by atoms with Gasteiger partial charge in [-0.1, -0.05) is 6.07 Å². The van der Waals surface area contributed by atoms with Crippen LogP contribution in [0.25, 0.3) is 0 Å². The second kappa shape index (κ2) is 8.52. The van der Waals surface area contributed by atoms with E-state index >= 15 is 0 Å². The number of pyridine rings is 1. The van der Waals surface area contributed by atoms with Crippen molar-refractivity contribution >= 4 is 0 Å². The summed E-state index contributed by atoms with van der Waals surface area (Å²) >= 11 is 0. The Morgan fingerprint density at radius 1 is 0.818 bits per heavy atom. The minimum Gasteiger partial charge on any atom is -0.394 e. The molecule has 126 valence electrons. The summed E-state index contributed by atoms with van der Waals surface area (Å²) < 4.78 is 0. The first-order chi connectivity index (χ1) is 10.4. The summed E-state index contributed by atoms with van der Waals surface area (Å²) in [5, 5.41) is 43.1. The van der Waals surface area contributed by atoms with Crippen LogP contribution in [0.3, 0.4) is 0 Å². The molecule has 0 unspecified atom stereocenters. The lowest BCUT2D eigenvalue weighted by molar-refractivity contribution is 0.102. The predicted octanol–water partition coefficient (Wildman–Crippen LogP) is -1.25. The molecule has 0 saturated carbocycles. The van der Waals surface area contributed by atoms with Crippen molar-refractivity contribution in [3.05, 3.63) is 29.6 Å². The molecule has 0 radical (unpaired) electrons. The highest BCUT2D eigenvalue weighted by Crippen LogP contribution is 2.07. The van der Waals surface area contributed by atoms with Crippen molar-refractivity contribution < 1.29 is 20.4 Å². The molecule has 0 saturated heterocycles. The van der Waals surface area contributed by atoms with Gasteiger partial charge >= 0.3 is 0 Å². The van der Waals surface area contributed by atoms with Crippen molar-refractivity contribution in [2.75, 3.05) is 26.4 Å². The quantitative estimate of drug-likeness (QED) is 0.319. The Bertz CT molecular complexity index is 411. The van der Waals surface area contributed by atoms with Gasteiger partial charge in [0.25, 0.3) is 0 Å². The SMILES string of the molecule is CC(CO)(CO)NCc1cccc(CNC(C)(CO)CO)n1. The molecule has 0 aliphatic rings. The van der Waals surface area contributed by atoms with Crippen molar-refractivity contribution in [2.24, 2.45) is 0 Å². The van der Waals surface area contributed by atoms with E-state index in [1.54, 1.807) is 13.8 Å². The first kappa shape index (κ1) is 19.0. The summed E-state index contributed by atoms with van der Waals surface area (Å²) in [7, 11) is 0. The smallest absolute Gasteiger partial charge is 0.0633 e. The maximum Gasteiger partial charge on any atom is 0.0633 e. The molecule has 22 heavy (non-hydrogen) atoms. The highest BCUT2D eigenvalue weighted by Gasteiger charge is 2.22. The molecule has 7 heteroatoms. The molecule has 6 N–H and O–H groups in total. The Morgan fingerprint density at radius 2 is 1.18 bits per heavy atom. The number of nitrogens with one attached hydrogen (secondary N) is 2. The molecule has 1 rings (SSSR count). The van der Waals surface area contributed by atoms with Crippen LogP contribution >= 0.6 is 0 Å². The molecular weight excluding hydrogens is 286 g/mol. The van der Waals surface area contributed by atoms with Crippen molar-refractivity contribution in [1.82, 2.24) is 15.6 Å². The average molecular weight is 313 g/mol. The molecule has 1 aromatic heterocycles. The van der Waals surface area contributed by atoms with E-state index in [2.05, 4.69) is 15.6 Å². The average Bonchev–Trinajstić information content (AvgIpc) is 2.58. The van der Waals surface area contributed by atoms with Gasteiger partial charge in [0, 0.05) is 13.1 Å². The number of rotatable bonds is 10. The van der Waals surface area contributed by atoms with E-state index in [-0.39, 0.29) is 26.4 Å². The molecule has 0 aliphatic heterocycles. The fraction of sp³-hybridized carbons (Fsp3) is 0.667. The number of hydrogen-bond donors (Lipinski definition) is 6. The van der Waals surface area contributed by atoms with E-state index in [1.165, 1.54) is 0 Å². The van der Waals surface area contributed by atoms with Crippen LogP contribution in [-0.4, -0.2) is 62.9 Å². The molecule has 0 spiro atoms. The zero-order valence-electron chi connectivity index (χ0n) is 13.2. The fourth-order valence-electron chi connectivity index (χ4n) is 1.66. The van der Waals surface area contributed by atoms with E-state index in [4.69, 9.17) is 0 Å². The maximum absolute atomic E-state index is 9.25. The summed E-state index contributed by atoms with van der Waals surface area (Å²) in [4.78, 5) is 4.46. The lowest BCUT2D eigenvalue weighted by Crippen LogP contribution is -2.49. The molecule has 0 aromatic carbocycles. The van der Waals surface area contributed by atoms with Gasteiger partial charge < -0.3 is 31.1 Å². The highest BCUT2D eigenvalue weighted by atomic mass is 16.3. The molecule has 0 fully saturated rings. The summed E-state index contributed by atoms with van der Waals surface area (Å²) in [6, 6.07) is 5.57. The van der Waals surface area contributed by atoms with Crippen LogP contribution in [0.2, 0.25) is 0 Å². The van der Waals surface area contributed by atoms with Gasteiger partial charge in [0.1, 0.15) is 0 Å². The van der Waals surface area contributed by atoms with Crippen LogP contribution in [-0.2, 0) is 13.1 Å². The molecule has 7 nitrogen and oxygen atoms in total. The zero-order valence-corrected chi connectivity index (χ0v) is 13.2. The second-order valence-electron chi connectivity index (χ2n) is 6.08. The Morgan fingerprint density at radius 3 is 1.50 bits per heavy atom. The van der Waals surface area contributed by atoms with Gasteiger partial charge in [-0.25, -0.2) is 0 Å². The van der Waals surface area contributed by atoms with Crippen molar-refractivity contribution in [3.8, 4) is 0 Å². The largest absolute Gasteiger partial charge is 0.394 e. The van der Waals surface area contributed by atoms with Crippen molar-refractivity contribution in [2.45, 2.75) is 38.0 Å². The minimum atomic E-state index is -0.748. The molecule has 0 atom stereocenters. The third-order valence-electron chi connectivity index (χ3n) is 3.65. The molecule has 1 aromatic rings. The number of aliphatic hydroxyl groups excluding tert-OH is 4. The van der Waals surface area contributed by atoms with Crippen LogP contribution in [0, 0.1) is 0 Å². The van der Waals surface area contributed by atoms with E-state index in [0.717, 1.165) is 11.4 Å². The van der Waals surface area contributed by atoms with Gasteiger partial charge in [-0.3, -0.25) is 4.98 Å². The maximum atomic E-state index is 9.25. The third-order valence-corrected chi connectivity index (χ3v) is 3.65. The molecule has 0 bridgehead atoms. The summed E-state index contributed by atoms with van der Waals surface area (Å²) in [6.07, 6.45) is 0. The van der Waals surface area contributed by atoms with Gasteiger partial charge in [-0.2, -0.15) is 0 Å². The van der Waals surface area contributed by atoms with Crippen molar-refractivity contribution in [1.29, 1.82) is 0 Å². The fourth-order valence-corrected chi connectivity index (χ4v) is 1.66. The highest BCUT2D eigenvalue weighted by molar-refractivity contribution is 5.12. The second-order valence-corrected chi connectivity index (χ2v) is 6.08. The van der Waals surface area contributed by atoms with Gasteiger partial charge in [0.05, 0.1) is 48.9 Å². The van der Waals surface area contributed by atoms with E-state index in [0.29, 0.717) is 13.1 Å². The standard InChI is InChI=1S/C15H27N3O4/c1-14(8-19,9-20)16-6-12-4-3-5-13(18-12)7-17-15(2,10-21)11-22/h3-5,16-17,19-22H,6-11H2,1-2H3. The summed E-state index contributed by atoms with van der Waals surface area (Å²) in [5.74, 6) is 0. The Hall–Kier alpha value is -1.09. The van der Waals surface area contributed by atoms with Crippen LogP contribution < -0.4 is 10.6 Å². The third kappa shape index (κ3) is 5.60. The summed E-state index contributed by atoms with van der Waals surface area (Å²) in [5.41, 5.74) is 0.0640. The lowest BCUT2D eigenvalue weighted by atomic mass is 10.1. The molecule has 0 amide bonds. The number of nitrogens with zero attached hydrogens (tertiary/aromatic N) is 1. The number of aromatic nitrogens is 1. The first-order valence-electron chi connectivity index (χ1n) is 7.28. The number of aliphatic hydroxyl groups is 4. The van der Waals surface area contributed by atoms with E-state index < -0.39 is 11.1 Å². The summed E-state index contributed by atoms with van der Waals surface area (Å²) in [6.45, 7) is 3.61. The molecule has 0 aliphatic carbocycles. The van der Waals surface area contributed by atoms with E-state index in [9.17, 15) is 20.4 Å². The monoisotopic (exact) mass is 313 g/mol. The Balaban J connectivity index is 2.63. The van der Waals surface area contributed by atoms with Gasteiger partial charge in [-0.05, 0) is 26.0 Å². The van der Waals surface area contributed by atoms with Crippen LogP contribution in [0.1, 0.15) is 25.2 Å². The van der Waals surface area contributed by atoms with Crippen LogP contribution in [0.4, 0.5) is 0 Å². The van der Waals surface area contributed by atoms with Gasteiger partial charge in [0.2, 0.25) is 0 Å². The van der Waals surface area contributed by atoms with Gasteiger partial charge in [-0.15, -0.1) is 0 Å². The minimum absolute atomic E-state index is 0.171. The molecule has 1 heterocycles. The Labute approximate surface area is 131 Å². The van der Waals surface area contributed by atoms with Crippen molar-refractivity contribution in [3.63, 3.8) is 0 Å². The normalized spacial score (nSPS) is 12.6. The predicted molar refractivity (Wildman–Crippen MR) is 83.1 cm³/mol. The zero-order chi connectivity index (χ0) is 16.6. The van der Waals surface area contributed by atoms with Gasteiger partial charge in [0.15, 0.2) is 0 Å².